The Hall–Kier alpha value is -3.91. The van der Waals surface area contributed by atoms with Crippen molar-refractivity contribution in [3.63, 3.8) is 0 Å². The summed E-state index contributed by atoms with van der Waals surface area (Å²) in [4.78, 5) is 26.9. The minimum Gasteiger partial charge on any atom is -0.339 e. The lowest BCUT2D eigenvalue weighted by Gasteiger charge is -2.10. The zero-order chi connectivity index (χ0) is 21.4. The number of amides is 1. The number of rotatable bonds is 4. The van der Waals surface area contributed by atoms with Gasteiger partial charge < -0.3 is 9.84 Å². The van der Waals surface area contributed by atoms with Crippen molar-refractivity contribution in [1.29, 1.82) is 0 Å². The standard InChI is InChI=1S/C23H17N5O2S/c1-13-5-6-17(22-27-18-4-3-11-24-23(18)31-22)12-19(13)26-21(29)16-9-7-15(8-10-16)20-25-14(2)30-28-20/h3-12H,1-2H3,(H,26,29). The third-order valence-corrected chi connectivity index (χ3v) is 5.86. The van der Waals surface area contributed by atoms with Gasteiger partial charge in [0.25, 0.3) is 5.91 Å². The number of carbonyl (C=O) groups excluding carboxylic acids is 1. The number of anilines is 1. The number of carbonyl (C=O) groups is 1. The number of aromatic nitrogens is 4. The second kappa shape index (κ2) is 7.73. The van der Waals surface area contributed by atoms with Crippen LogP contribution in [-0.2, 0) is 0 Å². The number of hydrogen-bond donors (Lipinski definition) is 1. The maximum absolute atomic E-state index is 12.8. The molecule has 7 nitrogen and oxygen atoms in total. The smallest absolute Gasteiger partial charge is 0.255 e. The molecule has 5 aromatic rings. The summed E-state index contributed by atoms with van der Waals surface area (Å²) in [6.07, 6.45) is 1.76. The molecule has 3 heterocycles. The van der Waals surface area contributed by atoms with Gasteiger partial charge in [-0.2, -0.15) is 4.98 Å². The van der Waals surface area contributed by atoms with Gasteiger partial charge in [-0.1, -0.05) is 40.8 Å². The molecule has 5 rings (SSSR count). The highest BCUT2D eigenvalue weighted by Crippen LogP contribution is 2.31. The van der Waals surface area contributed by atoms with E-state index in [9.17, 15) is 4.79 Å². The van der Waals surface area contributed by atoms with Gasteiger partial charge in [0.05, 0.1) is 0 Å². The molecule has 0 radical (unpaired) electrons. The molecule has 0 spiro atoms. The van der Waals surface area contributed by atoms with E-state index in [1.54, 1.807) is 37.4 Å². The van der Waals surface area contributed by atoms with Crippen molar-refractivity contribution in [1.82, 2.24) is 20.1 Å². The van der Waals surface area contributed by atoms with E-state index in [1.165, 1.54) is 11.3 Å². The summed E-state index contributed by atoms with van der Waals surface area (Å²) in [6, 6.07) is 16.8. The average Bonchev–Trinajstić information content (AvgIpc) is 3.41. The first-order chi connectivity index (χ1) is 15.1. The summed E-state index contributed by atoms with van der Waals surface area (Å²) in [7, 11) is 0. The van der Waals surface area contributed by atoms with Crippen LogP contribution in [-0.4, -0.2) is 26.0 Å². The molecule has 1 N–H and O–H groups in total. The molecule has 0 aliphatic rings. The Balaban J connectivity index is 1.39. The van der Waals surface area contributed by atoms with E-state index in [4.69, 9.17) is 4.52 Å². The molecule has 0 aliphatic carbocycles. The van der Waals surface area contributed by atoms with E-state index >= 15 is 0 Å². The summed E-state index contributed by atoms with van der Waals surface area (Å²) in [5.74, 6) is 0.802. The molecule has 3 aromatic heterocycles. The van der Waals surface area contributed by atoms with Crippen LogP contribution < -0.4 is 5.32 Å². The number of aryl methyl sites for hydroxylation is 2. The van der Waals surface area contributed by atoms with E-state index in [0.29, 0.717) is 17.3 Å². The van der Waals surface area contributed by atoms with Crippen molar-refractivity contribution in [2.24, 2.45) is 0 Å². The number of nitrogens with zero attached hydrogens (tertiary/aromatic N) is 4. The van der Waals surface area contributed by atoms with Gasteiger partial charge in [0.1, 0.15) is 15.4 Å². The minimum atomic E-state index is -0.193. The molecule has 0 atom stereocenters. The van der Waals surface area contributed by atoms with Crippen molar-refractivity contribution < 1.29 is 9.32 Å². The van der Waals surface area contributed by atoms with Crippen LogP contribution in [0.15, 0.2) is 65.3 Å². The van der Waals surface area contributed by atoms with Gasteiger partial charge >= 0.3 is 0 Å². The number of nitrogens with one attached hydrogen (secondary N) is 1. The maximum atomic E-state index is 12.8. The summed E-state index contributed by atoms with van der Waals surface area (Å²) < 4.78 is 5.01. The van der Waals surface area contributed by atoms with Gasteiger partial charge in [-0.3, -0.25) is 4.79 Å². The first-order valence-electron chi connectivity index (χ1n) is 9.61. The first kappa shape index (κ1) is 19.1. The van der Waals surface area contributed by atoms with Crippen LogP contribution in [0.1, 0.15) is 21.8 Å². The lowest BCUT2D eigenvalue weighted by atomic mass is 10.1. The first-order valence-corrected chi connectivity index (χ1v) is 10.4. The van der Waals surface area contributed by atoms with E-state index in [0.717, 1.165) is 37.7 Å². The lowest BCUT2D eigenvalue weighted by molar-refractivity contribution is 0.102. The number of hydrogen-bond acceptors (Lipinski definition) is 7. The van der Waals surface area contributed by atoms with Crippen molar-refractivity contribution in [2.45, 2.75) is 13.8 Å². The van der Waals surface area contributed by atoms with Gasteiger partial charge in [-0.25, -0.2) is 9.97 Å². The number of pyridine rings is 1. The Morgan fingerprint density at radius 3 is 2.55 bits per heavy atom. The highest BCUT2D eigenvalue weighted by atomic mass is 32.1. The molecule has 1 amide bonds. The van der Waals surface area contributed by atoms with Crippen molar-refractivity contribution in [3.8, 4) is 22.0 Å². The molecule has 0 bridgehead atoms. The Bertz CT molecular complexity index is 1370. The van der Waals surface area contributed by atoms with Crippen molar-refractivity contribution in [3.05, 3.63) is 77.8 Å². The second-order valence-electron chi connectivity index (χ2n) is 7.04. The fourth-order valence-corrected chi connectivity index (χ4v) is 4.07. The molecule has 31 heavy (non-hydrogen) atoms. The SMILES string of the molecule is Cc1nc(-c2ccc(C(=O)Nc3cc(-c4nc5cccnc5s4)ccc3C)cc2)no1. The maximum Gasteiger partial charge on any atom is 0.255 e. The summed E-state index contributed by atoms with van der Waals surface area (Å²) >= 11 is 1.53. The zero-order valence-corrected chi connectivity index (χ0v) is 17.6. The van der Waals surface area contributed by atoms with Crippen molar-refractivity contribution >= 4 is 33.3 Å². The highest BCUT2D eigenvalue weighted by Gasteiger charge is 2.13. The molecular formula is C23H17N5O2S. The third-order valence-electron chi connectivity index (χ3n) is 4.83. The van der Waals surface area contributed by atoms with Crippen LogP contribution in [0.25, 0.3) is 32.3 Å². The van der Waals surface area contributed by atoms with Gasteiger partial charge in [-0.05, 0) is 42.8 Å². The fraction of sp³-hybridized carbons (Fsp3) is 0.0870. The molecule has 0 fully saturated rings. The van der Waals surface area contributed by atoms with Gasteiger partial charge in [0.2, 0.25) is 11.7 Å². The molecule has 0 aliphatic heterocycles. The van der Waals surface area contributed by atoms with E-state index < -0.39 is 0 Å². The Morgan fingerprint density at radius 2 is 1.81 bits per heavy atom. The predicted molar refractivity (Wildman–Crippen MR) is 120 cm³/mol. The Labute approximate surface area is 181 Å². The van der Waals surface area contributed by atoms with Crippen LogP contribution in [0.2, 0.25) is 0 Å². The zero-order valence-electron chi connectivity index (χ0n) is 16.8. The second-order valence-corrected chi connectivity index (χ2v) is 8.02. The molecule has 8 heteroatoms. The summed E-state index contributed by atoms with van der Waals surface area (Å²) in [5.41, 5.74) is 4.84. The molecule has 152 valence electrons. The molecule has 0 unspecified atom stereocenters. The molecule has 0 saturated carbocycles. The fourth-order valence-electron chi connectivity index (χ4n) is 3.16. The topological polar surface area (TPSA) is 93.8 Å². The third kappa shape index (κ3) is 3.80. The number of benzene rings is 2. The number of thiazole rings is 1. The van der Waals surface area contributed by atoms with Crippen LogP contribution in [0.5, 0.6) is 0 Å². The van der Waals surface area contributed by atoms with E-state index in [-0.39, 0.29) is 5.91 Å². The lowest BCUT2D eigenvalue weighted by Crippen LogP contribution is -2.12. The van der Waals surface area contributed by atoms with Crippen LogP contribution >= 0.6 is 11.3 Å². The summed E-state index contributed by atoms with van der Waals surface area (Å²) in [5, 5.41) is 7.77. The van der Waals surface area contributed by atoms with E-state index in [1.807, 2.05) is 37.3 Å². The van der Waals surface area contributed by atoms with Gasteiger partial charge in [0.15, 0.2) is 0 Å². The minimum absolute atomic E-state index is 0.193. The molecular weight excluding hydrogens is 410 g/mol. The van der Waals surface area contributed by atoms with Gasteiger partial charge in [0, 0.05) is 35.5 Å². The average molecular weight is 427 g/mol. The van der Waals surface area contributed by atoms with Crippen LogP contribution in [0.3, 0.4) is 0 Å². The summed E-state index contributed by atoms with van der Waals surface area (Å²) in [6.45, 7) is 3.70. The predicted octanol–water partition coefficient (Wildman–Crippen LogP) is 5.28. The largest absolute Gasteiger partial charge is 0.339 e. The van der Waals surface area contributed by atoms with Crippen LogP contribution in [0, 0.1) is 13.8 Å². The van der Waals surface area contributed by atoms with Gasteiger partial charge in [-0.15, -0.1) is 0 Å². The highest BCUT2D eigenvalue weighted by molar-refractivity contribution is 7.21. The molecule has 2 aromatic carbocycles. The Kier molecular flexibility index (Phi) is 4.76. The van der Waals surface area contributed by atoms with E-state index in [2.05, 4.69) is 25.4 Å². The number of fused-ring (bicyclic) bond motifs is 1. The Morgan fingerprint density at radius 1 is 1.00 bits per heavy atom. The quantitative estimate of drug-likeness (QED) is 0.419. The monoisotopic (exact) mass is 427 g/mol. The van der Waals surface area contributed by atoms with Crippen molar-refractivity contribution in [2.75, 3.05) is 5.32 Å². The normalized spacial score (nSPS) is 11.0. The molecule has 0 saturated heterocycles. The van der Waals surface area contributed by atoms with Crippen LogP contribution in [0.4, 0.5) is 5.69 Å².